The maximum atomic E-state index is 11.8. The number of rotatable bonds is 1. The number of aromatic nitrogens is 1. The van der Waals surface area contributed by atoms with E-state index in [0.29, 0.717) is 28.4 Å². The van der Waals surface area contributed by atoms with Gasteiger partial charge in [-0.1, -0.05) is 23.2 Å². The van der Waals surface area contributed by atoms with Crippen molar-refractivity contribution in [2.24, 2.45) is 5.73 Å². The number of aliphatic hydroxyl groups excluding tert-OH is 1. The van der Waals surface area contributed by atoms with Crippen molar-refractivity contribution in [2.45, 2.75) is 19.3 Å². The zero-order valence-electron chi connectivity index (χ0n) is 10.6. The first-order chi connectivity index (χ1) is 9.54. The molecule has 0 aliphatic heterocycles. The van der Waals surface area contributed by atoms with Crippen LogP contribution in [0.5, 0.6) is 0 Å². The molecule has 1 amide bonds. The highest BCUT2D eigenvalue weighted by Crippen LogP contribution is 2.40. The molecule has 20 heavy (non-hydrogen) atoms. The van der Waals surface area contributed by atoms with Crippen LogP contribution in [-0.2, 0) is 12.8 Å². The molecule has 2 aromatic rings. The lowest BCUT2D eigenvalue weighted by Crippen LogP contribution is -2.24. The molecule has 0 bridgehead atoms. The van der Waals surface area contributed by atoms with Crippen LogP contribution in [-0.4, -0.2) is 22.3 Å². The molecule has 0 unspecified atom stereocenters. The number of nitrogens with two attached hydrogens (primary N) is 1. The van der Waals surface area contributed by atoms with Crippen molar-refractivity contribution >= 4 is 40.1 Å². The molecule has 1 heterocycles. The molecular weight excluding hydrogens is 299 g/mol. The molecule has 1 aromatic carbocycles. The molecule has 0 atom stereocenters. The topological polar surface area (TPSA) is 68.2 Å². The van der Waals surface area contributed by atoms with Gasteiger partial charge in [0.25, 0.3) is 0 Å². The van der Waals surface area contributed by atoms with Crippen LogP contribution in [0.3, 0.4) is 0 Å². The monoisotopic (exact) mass is 311 g/mol. The minimum Gasteiger partial charge on any atom is -0.396 e. The fourth-order valence-corrected chi connectivity index (χ4v) is 3.43. The Morgan fingerprint density at radius 2 is 2.00 bits per heavy atom. The Bertz CT molecular complexity index is 709. The zero-order chi connectivity index (χ0) is 14.4. The van der Waals surface area contributed by atoms with Crippen LogP contribution < -0.4 is 5.73 Å². The van der Waals surface area contributed by atoms with Gasteiger partial charge in [0, 0.05) is 23.6 Å². The standard InChI is InChI=1S/C14H13Cl2N2O2/c15-9-2-3-10(16)13-12(9)8-5-7(6-19)1-4-11(8)18(13)14(17)20/h2-3,19H,1,4-6H2,(H2,17,20). The summed E-state index contributed by atoms with van der Waals surface area (Å²) in [5.41, 5.74) is 7.86. The van der Waals surface area contributed by atoms with E-state index in [-0.39, 0.29) is 6.61 Å². The molecule has 3 rings (SSSR count). The maximum absolute atomic E-state index is 11.8. The second kappa shape index (κ2) is 4.95. The smallest absolute Gasteiger partial charge is 0.323 e. The van der Waals surface area contributed by atoms with Crippen LogP contribution in [0.4, 0.5) is 4.79 Å². The van der Waals surface area contributed by atoms with Crippen LogP contribution >= 0.6 is 23.2 Å². The first kappa shape index (κ1) is 13.7. The number of amides is 1. The molecule has 1 radical (unpaired) electrons. The van der Waals surface area contributed by atoms with Gasteiger partial charge in [0.05, 0.1) is 15.6 Å². The summed E-state index contributed by atoms with van der Waals surface area (Å²) in [7, 11) is 0. The zero-order valence-corrected chi connectivity index (χ0v) is 12.1. The SMILES string of the molecule is NC(=O)n1c2c(c3c(Cl)ccc(Cl)c31)C[C](CO)CC2. The van der Waals surface area contributed by atoms with E-state index >= 15 is 0 Å². The first-order valence-corrected chi connectivity index (χ1v) is 7.04. The number of aliphatic hydroxyl groups is 1. The Labute approximate surface area is 126 Å². The number of hydrogen-bond donors (Lipinski definition) is 2. The minimum atomic E-state index is -0.562. The minimum absolute atomic E-state index is 0.0425. The van der Waals surface area contributed by atoms with Gasteiger partial charge in [-0.3, -0.25) is 4.57 Å². The Kier molecular flexibility index (Phi) is 3.40. The van der Waals surface area contributed by atoms with Gasteiger partial charge in [0.15, 0.2) is 0 Å². The van der Waals surface area contributed by atoms with Gasteiger partial charge in [-0.2, -0.15) is 0 Å². The lowest BCUT2D eigenvalue weighted by Gasteiger charge is -2.21. The number of carbonyl (C=O) groups excluding carboxylic acids is 1. The fraction of sp³-hybridized carbons (Fsp3) is 0.286. The number of primary amides is 1. The predicted molar refractivity (Wildman–Crippen MR) is 79.3 cm³/mol. The van der Waals surface area contributed by atoms with E-state index in [1.807, 2.05) is 0 Å². The van der Waals surface area contributed by atoms with Gasteiger partial charge in [0.1, 0.15) is 0 Å². The van der Waals surface area contributed by atoms with Crippen molar-refractivity contribution in [1.29, 1.82) is 0 Å². The molecule has 4 nitrogen and oxygen atoms in total. The molecule has 105 valence electrons. The van der Waals surface area contributed by atoms with E-state index < -0.39 is 6.03 Å². The lowest BCUT2D eigenvalue weighted by molar-refractivity contribution is 0.250. The Morgan fingerprint density at radius 1 is 1.30 bits per heavy atom. The molecule has 6 heteroatoms. The molecule has 0 saturated heterocycles. The molecule has 1 aromatic heterocycles. The summed E-state index contributed by atoms with van der Waals surface area (Å²) in [6.07, 6.45) is 1.99. The number of carbonyl (C=O) groups is 1. The number of hydrogen-bond acceptors (Lipinski definition) is 2. The number of fused-ring (bicyclic) bond motifs is 3. The molecule has 1 aliphatic rings. The first-order valence-electron chi connectivity index (χ1n) is 6.29. The van der Waals surface area contributed by atoms with Crippen molar-refractivity contribution in [1.82, 2.24) is 4.57 Å². The maximum Gasteiger partial charge on any atom is 0.323 e. The van der Waals surface area contributed by atoms with Crippen LogP contribution in [0.25, 0.3) is 10.9 Å². The second-order valence-electron chi connectivity index (χ2n) is 4.94. The van der Waals surface area contributed by atoms with Crippen molar-refractivity contribution < 1.29 is 9.90 Å². The van der Waals surface area contributed by atoms with Crippen LogP contribution in [0.1, 0.15) is 17.7 Å². The third-order valence-electron chi connectivity index (χ3n) is 3.81. The Hall–Kier alpha value is -1.23. The van der Waals surface area contributed by atoms with Gasteiger partial charge in [-0.15, -0.1) is 0 Å². The Morgan fingerprint density at radius 3 is 2.65 bits per heavy atom. The third-order valence-corrected chi connectivity index (χ3v) is 4.43. The summed E-state index contributed by atoms with van der Waals surface area (Å²) in [5.74, 6) is 1.03. The average molecular weight is 312 g/mol. The van der Waals surface area contributed by atoms with Crippen molar-refractivity contribution in [3.8, 4) is 0 Å². The van der Waals surface area contributed by atoms with E-state index in [2.05, 4.69) is 0 Å². The van der Waals surface area contributed by atoms with Gasteiger partial charge < -0.3 is 10.8 Å². The highest BCUT2D eigenvalue weighted by Gasteiger charge is 2.29. The molecule has 0 saturated carbocycles. The van der Waals surface area contributed by atoms with Gasteiger partial charge in [-0.25, -0.2) is 4.79 Å². The predicted octanol–water partition coefficient (Wildman–Crippen LogP) is 2.93. The van der Waals surface area contributed by atoms with E-state index in [4.69, 9.17) is 28.9 Å². The number of benzene rings is 1. The summed E-state index contributed by atoms with van der Waals surface area (Å²) >= 11 is 12.5. The lowest BCUT2D eigenvalue weighted by atomic mass is 9.87. The van der Waals surface area contributed by atoms with Crippen LogP contribution in [0.2, 0.25) is 10.0 Å². The van der Waals surface area contributed by atoms with Gasteiger partial charge in [0.2, 0.25) is 0 Å². The van der Waals surface area contributed by atoms with E-state index in [9.17, 15) is 9.90 Å². The molecule has 1 aliphatic carbocycles. The van der Waals surface area contributed by atoms with E-state index in [1.165, 1.54) is 4.57 Å². The summed E-state index contributed by atoms with van der Waals surface area (Å²) in [5, 5.41) is 11.1. The highest BCUT2D eigenvalue weighted by molar-refractivity contribution is 6.40. The summed E-state index contributed by atoms with van der Waals surface area (Å²) in [6.45, 7) is 0.0425. The normalized spacial score (nSPS) is 15.6. The van der Waals surface area contributed by atoms with Crippen molar-refractivity contribution in [2.75, 3.05) is 6.61 Å². The summed E-state index contributed by atoms with van der Waals surface area (Å²) < 4.78 is 1.45. The van der Waals surface area contributed by atoms with Gasteiger partial charge >= 0.3 is 6.03 Å². The van der Waals surface area contributed by atoms with Gasteiger partial charge in [-0.05, 0) is 37.0 Å². The average Bonchev–Trinajstić information content (AvgIpc) is 2.78. The molecular formula is C14H13Cl2N2O2. The molecule has 0 spiro atoms. The largest absolute Gasteiger partial charge is 0.396 e. The highest BCUT2D eigenvalue weighted by atomic mass is 35.5. The van der Waals surface area contributed by atoms with E-state index in [0.717, 1.165) is 29.0 Å². The third kappa shape index (κ3) is 1.91. The van der Waals surface area contributed by atoms with Crippen LogP contribution in [0.15, 0.2) is 12.1 Å². The fourth-order valence-electron chi connectivity index (χ4n) is 2.93. The van der Waals surface area contributed by atoms with Crippen LogP contribution in [0, 0.1) is 5.92 Å². The van der Waals surface area contributed by atoms with Crippen molar-refractivity contribution in [3.05, 3.63) is 39.4 Å². The Balaban J connectivity index is 2.38. The second-order valence-corrected chi connectivity index (χ2v) is 5.75. The number of halogens is 2. The van der Waals surface area contributed by atoms with Crippen molar-refractivity contribution in [3.63, 3.8) is 0 Å². The van der Waals surface area contributed by atoms with E-state index in [1.54, 1.807) is 12.1 Å². The summed E-state index contributed by atoms with van der Waals surface area (Å²) in [6, 6.07) is 2.81. The summed E-state index contributed by atoms with van der Waals surface area (Å²) in [4.78, 5) is 11.8. The molecule has 3 N–H and O–H groups in total. The molecule has 0 fully saturated rings. The quantitative estimate of drug-likeness (QED) is 0.850. The number of nitrogens with zero attached hydrogens (tertiary/aromatic N) is 1.